The van der Waals surface area contributed by atoms with Gasteiger partial charge in [0.15, 0.2) is 0 Å². The highest BCUT2D eigenvalue weighted by Gasteiger charge is 2.10. The molecule has 0 aromatic carbocycles. The highest BCUT2D eigenvalue weighted by atomic mass is 32.1. The monoisotopic (exact) mass is 292 g/mol. The molecule has 2 aromatic heterocycles. The third kappa shape index (κ3) is 3.34. The van der Waals surface area contributed by atoms with E-state index in [1.165, 1.54) is 22.0 Å². The molecule has 0 aliphatic rings. The van der Waals surface area contributed by atoms with Crippen molar-refractivity contribution in [3.05, 3.63) is 50.6 Å². The molecule has 0 bridgehead atoms. The molecule has 0 aliphatic heterocycles. The number of carbonyl (C=O) groups excluding carboxylic acids is 1. The molecule has 0 fully saturated rings. The van der Waals surface area contributed by atoms with Crippen molar-refractivity contribution >= 4 is 22.9 Å². The second-order valence-electron chi connectivity index (χ2n) is 4.36. The summed E-state index contributed by atoms with van der Waals surface area (Å²) < 4.78 is 6.46. The lowest BCUT2D eigenvalue weighted by Gasteiger charge is -2.09. The largest absolute Gasteiger partial charge is 0.383 e. The number of nitrogens with zero attached hydrogens (tertiary/aromatic N) is 1. The number of aryl methyl sites for hydroxylation is 1. The first-order valence-corrected chi connectivity index (χ1v) is 7.09. The van der Waals surface area contributed by atoms with Crippen LogP contribution in [-0.4, -0.2) is 24.2 Å². The maximum atomic E-state index is 12.1. The van der Waals surface area contributed by atoms with E-state index in [-0.39, 0.29) is 11.5 Å². The molecular formula is C14H16N2O3S. The SMILES string of the molecule is COCCn1cc(NC(=O)c2cscc2C)ccc1=O. The molecule has 2 rings (SSSR count). The second kappa shape index (κ2) is 6.49. The van der Waals surface area contributed by atoms with Gasteiger partial charge in [0, 0.05) is 31.3 Å². The molecule has 20 heavy (non-hydrogen) atoms. The lowest BCUT2D eigenvalue weighted by atomic mass is 10.2. The molecule has 0 unspecified atom stereocenters. The van der Waals surface area contributed by atoms with E-state index in [2.05, 4.69) is 5.32 Å². The summed E-state index contributed by atoms with van der Waals surface area (Å²) in [6.45, 7) is 2.79. The predicted octanol–water partition coefficient (Wildman–Crippen LogP) is 2.12. The van der Waals surface area contributed by atoms with Gasteiger partial charge >= 0.3 is 0 Å². The smallest absolute Gasteiger partial charge is 0.256 e. The van der Waals surface area contributed by atoms with Crippen LogP contribution in [0.15, 0.2) is 33.9 Å². The van der Waals surface area contributed by atoms with Crippen LogP contribution in [0.5, 0.6) is 0 Å². The van der Waals surface area contributed by atoms with Gasteiger partial charge in [-0.05, 0) is 23.9 Å². The Bertz CT molecular complexity index is 660. The number of anilines is 1. The molecule has 0 spiro atoms. The Morgan fingerprint density at radius 3 is 2.85 bits per heavy atom. The van der Waals surface area contributed by atoms with Gasteiger partial charge in [-0.15, -0.1) is 0 Å². The Kier molecular flexibility index (Phi) is 4.70. The number of carbonyl (C=O) groups is 1. The van der Waals surface area contributed by atoms with Crippen molar-refractivity contribution in [1.29, 1.82) is 0 Å². The first-order chi connectivity index (χ1) is 9.61. The Hall–Kier alpha value is -1.92. The zero-order valence-corrected chi connectivity index (χ0v) is 12.2. The lowest BCUT2D eigenvalue weighted by molar-refractivity contribution is 0.102. The molecule has 0 saturated carbocycles. The van der Waals surface area contributed by atoms with Crippen molar-refractivity contribution in [2.24, 2.45) is 0 Å². The number of thiophene rings is 1. The molecule has 0 atom stereocenters. The van der Waals surface area contributed by atoms with Gasteiger partial charge in [0.25, 0.3) is 11.5 Å². The fourth-order valence-electron chi connectivity index (χ4n) is 1.76. The number of aromatic nitrogens is 1. The van der Waals surface area contributed by atoms with Gasteiger partial charge in [-0.25, -0.2) is 0 Å². The van der Waals surface area contributed by atoms with Crippen LogP contribution in [0.3, 0.4) is 0 Å². The third-order valence-electron chi connectivity index (χ3n) is 2.88. The molecule has 1 amide bonds. The molecule has 0 radical (unpaired) electrons. The first kappa shape index (κ1) is 14.5. The van der Waals surface area contributed by atoms with Gasteiger partial charge in [0.05, 0.1) is 17.9 Å². The summed E-state index contributed by atoms with van der Waals surface area (Å²) in [4.78, 5) is 23.7. The van der Waals surface area contributed by atoms with Crippen molar-refractivity contribution in [3.63, 3.8) is 0 Å². The number of hydrogen-bond donors (Lipinski definition) is 1. The van der Waals surface area contributed by atoms with Crippen LogP contribution >= 0.6 is 11.3 Å². The van der Waals surface area contributed by atoms with Crippen molar-refractivity contribution in [3.8, 4) is 0 Å². The maximum absolute atomic E-state index is 12.1. The quantitative estimate of drug-likeness (QED) is 0.918. The third-order valence-corrected chi connectivity index (χ3v) is 3.74. The second-order valence-corrected chi connectivity index (χ2v) is 5.11. The van der Waals surface area contributed by atoms with Gasteiger partial charge in [-0.2, -0.15) is 11.3 Å². The van der Waals surface area contributed by atoms with Crippen LogP contribution in [0.2, 0.25) is 0 Å². The highest BCUT2D eigenvalue weighted by Crippen LogP contribution is 2.15. The molecular weight excluding hydrogens is 276 g/mol. The van der Waals surface area contributed by atoms with E-state index in [1.54, 1.807) is 19.4 Å². The summed E-state index contributed by atoms with van der Waals surface area (Å²) >= 11 is 1.49. The predicted molar refractivity (Wildman–Crippen MR) is 79.6 cm³/mol. The van der Waals surface area contributed by atoms with E-state index in [9.17, 15) is 9.59 Å². The molecule has 106 valence electrons. The number of methoxy groups -OCH3 is 1. The van der Waals surface area contributed by atoms with Crippen LogP contribution in [-0.2, 0) is 11.3 Å². The van der Waals surface area contributed by atoms with Crippen LogP contribution in [0.4, 0.5) is 5.69 Å². The normalized spacial score (nSPS) is 10.5. The van der Waals surface area contributed by atoms with Gasteiger partial charge in [-0.3, -0.25) is 9.59 Å². The summed E-state index contributed by atoms with van der Waals surface area (Å²) in [5, 5.41) is 6.53. The molecule has 2 aromatic rings. The van der Waals surface area contributed by atoms with Crippen LogP contribution in [0.25, 0.3) is 0 Å². The van der Waals surface area contributed by atoms with Crippen molar-refractivity contribution in [1.82, 2.24) is 4.57 Å². The van der Waals surface area contributed by atoms with E-state index < -0.39 is 0 Å². The average Bonchev–Trinajstić information content (AvgIpc) is 2.85. The molecule has 6 heteroatoms. The number of pyridine rings is 1. The summed E-state index contributed by atoms with van der Waals surface area (Å²) in [5.41, 5.74) is 2.08. The maximum Gasteiger partial charge on any atom is 0.256 e. The van der Waals surface area contributed by atoms with Crippen LogP contribution in [0, 0.1) is 6.92 Å². The zero-order valence-electron chi connectivity index (χ0n) is 11.4. The van der Waals surface area contributed by atoms with Gasteiger partial charge in [0.1, 0.15) is 0 Å². The summed E-state index contributed by atoms with van der Waals surface area (Å²) in [6.07, 6.45) is 1.63. The number of hydrogen-bond acceptors (Lipinski definition) is 4. The standard InChI is InChI=1S/C14H16N2O3S/c1-10-8-20-9-12(10)14(18)15-11-3-4-13(17)16(7-11)5-6-19-2/h3-4,7-9H,5-6H2,1-2H3,(H,15,18). The Morgan fingerprint density at radius 2 is 2.20 bits per heavy atom. The molecule has 1 N–H and O–H groups in total. The van der Waals surface area contributed by atoms with Gasteiger partial charge in [0.2, 0.25) is 0 Å². The summed E-state index contributed by atoms with van der Waals surface area (Å²) in [6, 6.07) is 3.04. The molecule has 0 aliphatic carbocycles. The van der Waals surface area contributed by atoms with E-state index in [0.29, 0.717) is 24.4 Å². The van der Waals surface area contributed by atoms with E-state index in [0.717, 1.165) is 5.56 Å². The molecule has 2 heterocycles. The van der Waals surface area contributed by atoms with Crippen LogP contribution in [0.1, 0.15) is 15.9 Å². The Labute approximate surface area is 120 Å². The minimum atomic E-state index is -0.166. The summed E-state index contributed by atoms with van der Waals surface area (Å²) in [7, 11) is 1.58. The molecule has 0 saturated heterocycles. The average molecular weight is 292 g/mol. The number of rotatable bonds is 5. The van der Waals surface area contributed by atoms with Crippen molar-refractivity contribution < 1.29 is 9.53 Å². The zero-order chi connectivity index (χ0) is 14.5. The highest BCUT2D eigenvalue weighted by molar-refractivity contribution is 7.08. The minimum absolute atomic E-state index is 0.119. The first-order valence-electron chi connectivity index (χ1n) is 6.15. The van der Waals surface area contributed by atoms with E-state index in [4.69, 9.17) is 4.74 Å². The number of nitrogens with one attached hydrogen (secondary N) is 1. The number of ether oxygens (including phenoxy) is 1. The lowest BCUT2D eigenvalue weighted by Crippen LogP contribution is -2.22. The van der Waals surface area contributed by atoms with Gasteiger partial charge < -0.3 is 14.6 Å². The van der Waals surface area contributed by atoms with Crippen molar-refractivity contribution in [2.75, 3.05) is 19.0 Å². The van der Waals surface area contributed by atoms with Gasteiger partial charge in [-0.1, -0.05) is 0 Å². The van der Waals surface area contributed by atoms with E-state index >= 15 is 0 Å². The fourth-order valence-corrected chi connectivity index (χ4v) is 2.59. The molecule has 5 nitrogen and oxygen atoms in total. The Balaban J connectivity index is 2.15. The van der Waals surface area contributed by atoms with E-state index in [1.807, 2.05) is 17.7 Å². The van der Waals surface area contributed by atoms with Crippen molar-refractivity contribution in [2.45, 2.75) is 13.5 Å². The number of amides is 1. The van der Waals surface area contributed by atoms with Crippen LogP contribution < -0.4 is 10.9 Å². The summed E-state index contributed by atoms with van der Waals surface area (Å²) in [5.74, 6) is -0.166. The minimum Gasteiger partial charge on any atom is -0.383 e. The Morgan fingerprint density at radius 1 is 1.40 bits per heavy atom. The fraction of sp³-hybridized carbons (Fsp3) is 0.286. The topological polar surface area (TPSA) is 60.3 Å².